The number of nitrogens with one attached hydrogen (secondary N) is 1. The van der Waals surface area contributed by atoms with E-state index in [0.29, 0.717) is 0 Å². The average molecular weight is 159 g/mol. The van der Waals surface area contributed by atoms with Crippen LogP contribution in [0.4, 0.5) is 10.1 Å². The number of halogens is 1. The lowest BCUT2D eigenvalue weighted by Crippen LogP contribution is -2.99. The van der Waals surface area contributed by atoms with E-state index in [1.165, 1.54) is 0 Å². The van der Waals surface area contributed by atoms with Crippen molar-refractivity contribution in [3.05, 3.63) is 29.2 Å². The highest BCUT2D eigenvalue weighted by Crippen LogP contribution is 2.18. The van der Waals surface area contributed by atoms with Gasteiger partial charge in [-0.3, -0.25) is 0 Å². The number of benzene rings is 1. The maximum atomic E-state index is 12.3. The van der Waals surface area contributed by atoms with Crippen LogP contribution in [0.25, 0.3) is 0 Å². The Morgan fingerprint density at radius 1 is 1.45 bits per heavy atom. The minimum Gasteiger partial charge on any atom is -0.595 e. The molecule has 1 atom stereocenters. The molecule has 1 rings (SSSR count). The Labute approximate surface area is 61.6 Å². The fourth-order valence-electron chi connectivity index (χ4n) is 0.686. The molecule has 0 saturated carbocycles. The van der Waals surface area contributed by atoms with Gasteiger partial charge >= 0.3 is 0 Å². The molecule has 0 spiro atoms. The van der Waals surface area contributed by atoms with Gasteiger partial charge in [-0.15, -0.1) is 0 Å². The van der Waals surface area contributed by atoms with Gasteiger partial charge < -0.3 is 10.3 Å². The van der Waals surface area contributed by atoms with E-state index in [0.717, 1.165) is 18.2 Å². The Balaban J connectivity index is 3.09. The van der Waals surface area contributed by atoms with Gasteiger partial charge in [-0.25, -0.2) is 9.60 Å². The number of hydrogen-bond donors (Lipinski definition) is 3. The van der Waals surface area contributed by atoms with Crippen LogP contribution in [0.15, 0.2) is 18.2 Å². The van der Waals surface area contributed by atoms with Crippen LogP contribution in [0.3, 0.4) is 0 Å². The lowest BCUT2D eigenvalue weighted by atomic mass is 10.3. The second-order valence-electron chi connectivity index (χ2n) is 1.97. The molecule has 0 radical (unpaired) electrons. The number of quaternary nitrogens is 1. The summed E-state index contributed by atoms with van der Waals surface area (Å²) in [5, 5.41) is 26.2. The number of phenolic OH excluding ortho intramolecular Hbond substituents is 1. The predicted molar refractivity (Wildman–Crippen MR) is 33.8 cm³/mol. The lowest BCUT2D eigenvalue weighted by molar-refractivity contribution is -0.991. The van der Waals surface area contributed by atoms with Crippen LogP contribution >= 0.6 is 0 Å². The monoisotopic (exact) mass is 159 g/mol. The predicted octanol–water partition coefficient (Wildman–Crippen LogP) is -0.0653. The average Bonchev–Trinajstić information content (AvgIpc) is 1.85. The van der Waals surface area contributed by atoms with Crippen LogP contribution in [0.1, 0.15) is 0 Å². The molecule has 0 amide bonds. The van der Waals surface area contributed by atoms with Gasteiger partial charge in [0, 0.05) is 12.1 Å². The summed E-state index contributed by atoms with van der Waals surface area (Å²) in [5.74, 6) is -1.22. The van der Waals surface area contributed by atoms with E-state index in [9.17, 15) is 9.60 Å². The molecule has 1 aromatic rings. The molecule has 0 aromatic heterocycles. The minimum absolute atomic E-state index is 0.300. The highest BCUT2D eigenvalue weighted by atomic mass is 19.1. The largest absolute Gasteiger partial charge is 0.595 e. The third-order valence-corrected chi connectivity index (χ3v) is 1.19. The molecular formula is C6H6FNO3. The fourth-order valence-corrected chi connectivity index (χ4v) is 0.686. The van der Waals surface area contributed by atoms with Crippen molar-refractivity contribution in [3.8, 4) is 5.75 Å². The third kappa shape index (κ3) is 1.64. The SMILES string of the molecule is [O-][NH+](O)c1ccc(F)cc1O. The maximum Gasteiger partial charge on any atom is 0.206 e. The summed E-state index contributed by atoms with van der Waals surface area (Å²) in [5.41, 5.74) is -0.300. The number of aromatic hydroxyl groups is 1. The summed E-state index contributed by atoms with van der Waals surface area (Å²) in [6.07, 6.45) is 0. The van der Waals surface area contributed by atoms with E-state index < -0.39 is 16.8 Å². The molecule has 60 valence electrons. The topological polar surface area (TPSA) is 68.0 Å². The molecule has 0 fully saturated rings. The van der Waals surface area contributed by atoms with Gasteiger partial charge in [-0.2, -0.15) is 5.23 Å². The molecule has 0 aliphatic heterocycles. The Kier molecular flexibility index (Phi) is 2.04. The Hall–Kier alpha value is -1.17. The van der Waals surface area contributed by atoms with Crippen LogP contribution in [0, 0.1) is 11.0 Å². The van der Waals surface area contributed by atoms with Crippen LogP contribution in [0.5, 0.6) is 5.75 Å². The molecule has 5 heteroatoms. The number of rotatable bonds is 1. The van der Waals surface area contributed by atoms with E-state index in [-0.39, 0.29) is 5.69 Å². The van der Waals surface area contributed by atoms with Crippen molar-refractivity contribution in [2.75, 3.05) is 0 Å². The van der Waals surface area contributed by atoms with Crippen molar-refractivity contribution in [2.24, 2.45) is 0 Å². The molecular weight excluding hydrogens is 153 g/mol. The van der Waals surface area contributed by atoms with Crippen molar-refractivity contribution in [1.82, 2.24) is 0 Å². The summed E-state index contributed by atoms with van der Waals surface area (Å²) in [6.45, 7) is 0. The van der Waals surface area contributed by atoms with Gasteiger partial charge in [0.25, 0.3) is 0 Å². The van der Waals surface area contributed by atoms with E-state index >= 15 is 0 Å². The molecule has 11 heavy (non-hydrogen) atoms. The molecule has 0 aliphatic carbocycles. The molecule has 0 aliphatic rings. The summed E-state index contributed by atoms with van der Waals surface area (Å²) in [6, 6.07) is 2.74. The Morgan fingerprint density at radius 2 is 2.09 bits per heavy atom. The highest BCUT2D eigenvalue weighted by Gasteiger charge is 2.07. The first-order chi connectivity index (χ1) is 5.11. The van der Waals surface area contributed by atoms with Gasteiger partial charge in [0.15, 0.2) is 5.75 Å². The van der Waals surface area contributed by atoms with Crippen LogP contribution in [-0.2, 0) is 0 Å². The van der Waals surface area contributed by atoms with Crippen molar-refractivity contribution < 1.29 is 19.9 Å². The van der Waals surface area contributed by atoms with Crippen molar-refractivity contribution >= 4 is 5.69 Å². The lowest BCUT2D eigenvalue weighted by Gasteiger charge is -2.11. The Morgan fingerprint density at radius 3 is 2.55 bits per heavy atom. The first kappa shape index (κ1) is 7.93. The number of hydrogen-bond acceptors (Lipinski definition) is 3. The first-order valence-corrected chi connectivity index (χ1v) is 2.83. The molecule has 0 bridgehead atoms. The zero-order chi connectivity index (χ0) is 8.43. The molecule has 0 saturated heterocycles. The van der Waals surface area contributed by atoms with Gasteiger partial charge in [-0.1, -0.05) is 0 Å². The van der Waals surface area contributed by atoms with E-state index in [2.05, 4.69) is 0 Å². The van der Waals surface area contributed by atoms with Crippen molar-refractivity contribution in [1.29, 1.82) is 0 Å². The van der Waals surface area contributed by atoms with Gasteiger partial charge in [0.1, 0.15) is 5.82 Å². The molecule has 1 aromatic carbocycles. The second-order valence-corrected chi connectivity index (χ2v) is 1.97. The first-order valence-electron chi connectivity index (χ1n) is 2.83. The zero-order valence-corrected chi connectivity index (χ0v) is 5.41. The molecule has 3 N–H and O–H groups in total. The van der Waals surface area contributed by atoms with E-state index in [1.807, 2.05) is 0 Å². The van der Waals surface area contributed by atoms with Gasteiger partial charge in [0.2, 0.25) is 5.69 Å². The highest BCUT2D eigenvalue weighted by molar-refractivity contribution is 5.44. The smallest absolute Gasteiger partial charge is 0.206 e. The van der Waals surface area contributed by atoms with Crippen LogP contribution in [0.2, 0.25) is 0 Å². The van der Waals surface area contributed by atoms with E-state index in [4.69, 9.17) is 10.3 Å². The quantitative estimate of drug-likeness (QED) is 0.397. The summed E-state index contributed by atoms with van der Waals surface area (Å²) in [4.78, 5) is 0. The second kappa shape index (κ2) is 2.83. The molecule has 4 nitrogen and oxygen atoms in total. The minimum atomic E-state index is -1.28. The normalized spacial score (nSPS) is 13.0. The van der Waals surface area contributed by atoms with Crippen LogP contribution < -0.4 is 5.23 Å². The fraction of sp³-hybridized carbons (Fsp3) is 0. The van der Waals surface area contributed by atoms with E-state index in [1.54, 1.807) is 0 Å². The Bertz CT molecular complexity index is 264. The number of phenols is 1. The zero-order valence-electron chi connectivity index (χ0n) is 5.41. The molecule has 0 heterocycles. The van der Waals surface area contributed by atoms with Gasteiger partial charge in [-0.05, 0) is 6.07 Å². The van der Waals surface area contributed by atoms with Crippen molar-refractivity contribution in [3.63, 3.8) is 0 Å². The molecule has 1 unspecified atom stereocenters. The standard InChI is InChI=1S/C6H6FNO3/c7-4-1-2-5(8(10)11)6(9)3-4/h1-3,8-10H. The summed E-state index contributed by atoms with van der Waals surface area (Å²) < 4.78 is 12.3. The maximum absolute atomic E-state index is 12.3. The summed E-state index contributed by atoms with van der Waals surface area (Å²) >= 11 is 0. The third-order valence-electron chi connectivity index (χ3n) is 1.19. The summed E-state index contributed by atoms with van der Waals surface area (Å²) in [7, 11) is 0. The van der Waals surface area contributed by atoms with Crippen LogP contribution in [-0.4, -0.2) is 10.3 Å². The van der Waals surface area contributed by atoms with Crippen molar-refractivity contribution in [2.45, 2.75) is 0 Å². The van der Waals surface area contributed by atoms with Gasteiger partial charge in [0.05, 0.1) is 0 Å².